The second-order valence-corrected chi connectivity index (χ2v) is 10.3. The predicted molar refractivity (Wildman–Crippen MR) is 126 cm³/mol. The van der Waals surface area contributed by atoms with Crippen molar-refractivity contribution in [3.63, 3.8) is 0 Å². The van der Waals surface area contributed by atoms with Crippen molar-refractivity contribution in [2.75, 3.05) is 57.4 Å². The molecular weight excluding hydrogens is 490 g/mol. The summed E-state index contributed by atoms with van der Waals surface area (Å²) in [6.07, 6.45) is 3.43. The molecule has 2 aromatic heterocycles. The zero-order valence-electron chi connectivity index (χ0n) is 19.5. The molecule has 0 saturated carbocycles. The Morgan fingerprint density at radius 2 is 1.76 bits per heavy atom. The zero-order chi connectivity index (χ0) is 23.8. The van der Waals surface area contributed by atoms with Crippen LogP contribution in [-0.2, 0) is 15.0 Å². The van der Waals surface area contributed by atoms with Crippen LogP contribution in [0.25, 0.3) is 5.65 Å². The lowest BCUT2D eigenvalue weighted by Gasteiger charge is -2.41. The van der Waals surface area contributed by atoms with Crippen molar-refractivity contribution >= 4 is 33.5 Å². The van der Waals surface area contributed by atoms with Crippen LogP contribution in [0.3, 0.4) is 0 Å². The summed E-state index contributed by atoms with van der Waals surface area (Å²) in [6.45, 7) is 12.3. The summed E-state index contributed by atoms with van der Waals surface area (Å²) in [5, 5.41) is 10.2. The number of hydrogen-bond donors (Lipinski definition) is 0. The van der Waals surface area contributed by atoms with Crippen molar-refractivity contribution in [3.05, 3.63) is 22.7 Å². The van der Waals surface area contributed by atoms with Gasteiger partial charge in [0.25, 0.3) is 0 Å². The van der Waals surface area contributed by atoms with Gasteiger partial charge < -0.3 is 23.7 Å². The third-order valence-electron chi connectivity index (χ3n) is 5.98. The highest BCUT2D eigenvalue weighted by Crippen LogP contribution is 2.31. The predicted octanol–water partition coefficient (Wildman–Crippen LogP) is 2.62. The molecule has 1 atom stereocenters. The first-order valence-electron chi connectivity index (χ1n) is 11.1. The number of nitrogens with zero attached hydrogens (tertiary/aromatic N) is 7. The second kappa shape index (κ2) is 9.08. The van der Waals surface area contributed by atoms with Gasteiger partial charge in [0.2, 0.25) is 0 Å². The summed E-state index contributed by atoms with van der Waals surface area (Å²) in [5.74, 6) is 0.772. The van der Waals surface area contributed by atoms with Gasteiger partial charge >= 0.3 is 6.09 Å². The van der Waals surface area contributed by atoms with Crippen LogP contribution in [-0.4, -0.2) is 88.3 Å². The Bertz CT molecular complexity index is 1060. The summed E-state index contributed by atoms with van der Waals surface area (Å²) in [5.41, 5.74) is -0.109. The van der Waals surface area contributed by atoms with Crippen molar-refractivity contribution in [2.24, 2.45) is 0 Å². The standard InChI is InChI=1S/C22H30BrN7O3/c1-21(2,3)33-20(31)28-5-7-30(8-6-28)22(4,15-24)16-13-29-14-17(23)26-19(18(29)25-16)27-9-11-32-12-10-27/h13-14H,5-12H2,1-4H3. The Hall–Kier alpha value is -2.42. The third-order valence-corrected chi connectivity index (χ3v) is 6.36. The maximum Gasteiger partial charge on any atom is 0.410 e. The van der Waals surface area contributed by atoms with Gasteiger partial charge in [-0.2, -0.15) is 5.26 Å². The van der Waals surface area contributed by atoms with Gasteiger partial charge in [0.05, 0.1) is 25.0 Å². The van der Waals surface area contributed by atoms with Gasteiger partial charge in [-0.25, -0.2) is 14.8 Å². The Kier molecular flexibility index (Phi) is 6.53. The molecule has 11 heteroatoms. The molecule has 33 heavy (non-hydrogen) atoms. The van der Waals surface area contributed by atoms with Crippen molar-refractivity contribution in [3.8, 4) is 6.07 Å². The third kappa shape index (κ3) is 4.93. The second-order valence-electron chi connectivity index (χ2n) is 9.48. The topological polar surface area (TPSA) is 99.2 Å². The van der Waals surface area contributed by atoms with Gasteiger partial charge in [-0.05, 0) is 43.6 Å². The van der Waals surface area contributed by atoms with E-state index in [1.807, 2.05) is 44.5 Å². The maximum atomic E-state index is 12.4. The lowest BCUT2D eigenvalue weighted by Crippen LogP contribution is -2.55. The maximum absolute atomic E-state index is 12.4. The van der Waals surface area contributed by atoms with Crippen molar-refractivity contribution < 1.29 is 14.3 Å². The van der Waals surface area contributed by atoms with E-state index in [1.54, 1.807) is 4.90 Å². The van der Waals surface area contributed by atoms with Crippen LogP contribution in [0.15, 0.2) is 17.0 Å². The van der Waals surface area contributed by atoms with Crippen molar-refractivity contribution in [2.45, 2.75) is 38.8 Å². The van der Waals surface area contributed by atoms with E-state index in [0.29, 0.717) is 55.3 Å². The summed E-state index contributed by atoms with van der Waals surface area (Å²) in [4.78, 5) is 27.9. The first kappa shape index (κ1) is 23.7. The summed E-state index contributed by atoms with van der Waals surface area (Å²) >= 11 is 3.50. The van der Waals surface area contributed by atoms with E-state index in [0.717, 1.165) is 18.9 Å². The minimum atomic E-state index is -0.944. The molecule has 4 heterocycles. The largest absolute Gasteiger partial charge is 0.444 e. The number of amides is 1. The molecule has 0 aliphatic carbocycles. The number of carbonyl (C=O) groups excluding carboxylic acids is 1. The summed E-state index contributed by atoms with van der Waals surface area (Å²) < 4.78 is 13.6. The molecule has 4 rings (SSSR count). The molecule has 2 aromatic rings. The zero-order valence-corrected chi connectivity index (χ0v) is 21.1. The van der Waals surface area contributed by atoms with Gasteiger partial charge in [0.1, 0.15) is 10.2 Å². The van der Waals surface area contributed by atoms with Crippen LogP contribution < -0.4 is 4.90 Å². The number of piperazine rings is 1. The Morgan fingerprint density at radius 3 is 2.36 bits per heavy atom. The molecule has 0 N–H and O–H groups in total. The lowest BCUT2D eigenvalue weighted by atomic mass is 9.97. The van der Waals surface area contributed by atoms with Crippen LogP contribution in [0.5, 0.6) is 0 Å². The number of ether oxygens (including phenoxy) is 2. The number of rotatable bonds is 3. The van der Waals surface area contributed by atoms with Gasteiger partial charge in [-0.3, -0.25) is 4.90 Å². The summed E-state index contributed by atoms with van der Waals surface area (Å²) in [6, 6.07) is 2.47. The first-order chi connectivity index (χ1) is 15.6. The number of halogens is 1. The first-order valence-corrected chi connectivity index (χ1v) is 11.9. The van der Waals surface area contributed by atoms with Gasteiger partial charge in [-0.15, -0.1) is 0 Å². The number of anilines is 1. The highest BCUT2D eigenvalue weighted by atomic mass is 79.9. The molecule has 2 aliphatic heterocycles. The van der Waals surface area contributed by atoms with Gasteiger partial charge in [0, 0.05) is 51.7 Å². The van der Waals surface area contributed by atoms with Crippen molar-refractivity contribution in [1.29, 1.82) is 5.26 Å². The number of carbonyl (C=O) groups is 1. The Labute approximate surface area is 202 Å². The van der Waals surface area contributed by atoms with E-state index in [2.05, 4.69) is 36.8 Å². The minimum absolute atomic E-state index is 0.320. The Morgan fingerprint density at radius 1 is 1.09 bits per heavy atom. The fourth-order valence-electron chi connectivity index (χ4n) is 4.13. The fourth-order valence-corrected chi connectivity index (χ4v) is 4.52. The molecule has 0 spiro atoms. The highest BCUT2D eigenvalue weighted by molar-refractivity contribution is 9.10. The van der Waals surface area contributed by atoms with Gasteiger partial charge in [-0.1, -0.05) is 0 Å². The number of morpholine rings is 1. The molecule has 1 amide bonds. The average molecular weight is 520 g/mol. The van der Waals surface area contributed by atoms with E-state index in [-0.39, 0.29) is 6.09 Å². The molecule has 0 radical (unpaired) electrons. The number of fused-ring (bicyclic) bond motifs is 1. The van der Waals surface area contributed by atoms with Crippen LogP contribution in [0.1, 0.15) is 33.4 Å². The molecule has 2 aliphatic rings. The van der Waals surface area contributed by atoms with Crippen LogP contribution in [0.4, 0.5) is 10.6 Å². The number of hydrogen-bond acceptors (Lipinski definition) is 8. The number of imidazole rings is 1. The number of nitriles is 1. The average Bonchev–Trinajstić information content (AvgIpc) is 3.22. The molecule has 0 aromatic carbocycles. The van der Waals surface area contributed by atoms with Crippen LogP contribution >= 0.6 is 15.9 Å². The molecule has 0 bridgehead atoms. The Balaban J connectivity index is 1.58. The SMILES string of the molecule is CC(C)(C)OC(=O)N1CCN(C(C)(C#N)c2cn3cc(Br)nc(N4CCOCC4)c3n2)CC1. The van der Waals surface area contributed by atoms with Gasteiger partial charge in [0.15, 0.2) is 17.0 Å². The van der Waals surface area contributed by atoms with E-state index >= 15 is 0 Å². The van der Waals surface area contributed by atoms with E-state index < -0.39 is 11.1 Å². The van der Waals surface area contributed by atoms with Crippen molar-refractivity contribution in [1.82, 2.24) is 24.2 Å². The minimum Gasteiger partial charge on any atom is -0.444 e. The number of aromatic nitrogens is 3. The monoisotopic (exact) mass is 519 g/mol. The quantitative estimate of drug-likeness (QED) is 0.609. The summed E-state index contributed by atoms with van der Waals surface area (Å²) in [7, 11) is 0. The normalized spacial score (nSPS) is 19.9. The van der Waals surface area contributed by atoms with E-state index in [9.17, 15) is 10.1 Å². The van der Waals surface area contributed by atoms with Crippen LogP contribution in [0.2, 0.25) is 0 Å². The lowest BCUT2D eigenvalue weighted by molar-refractivity contribution is 0.00548. The molecule has 178 valence electrons. The molecule has 10 nitrogen and oxygen atoms in total. The van der Waals surface area contributed by atoms with E-state index in [1.165, 1.54) is 0 Å². The fraction of sp³-hybridized carbons (Fsp3) is 0.636. The highest BCUT2D eigenvalue weighted by Gasteiger charge is 2.40. The van der Waals surface area contributed by atoms with E-state index in [4.69, 9.17) is 14.5 Å². The molecular formula is C22H30BrN7O3. The van der Waals surface area contributed by atoms with Crippen LogP contribution in [0, 0.1) is 11.3 Å². The molecule has 2 saturated heterocycles. The molecule has 2 fully saturated rings. The smallest absolute Gasteiger partial charge is 0.410 e. The molecule has 1 unspecified atom stereocenters.